The minimum absolute atomic E-state index is 0.139. The maximum absolute atomic E-state index is 13.1. The highest BCUT2D eigenvalue weighted by Crippen LogP contribution is 2.56. The Morgan fingerprint density at radius 1 is 0.958 bits per heavy atom. The van der Waals surface area contributed by atoms with Gasteiger partial charge in [0.25, 0.3) is 0 Å². The number of amides is 1. The van der Waals surface area contributed by atoms with E-state index in [4.69, 9.17) is 9.47 Å². The van der Waals surface area contributed by atoms with Gasteiger partial charge in [-0.2, -0.15) is 26.3 Å². The second-order valence-corrected chi connectivity index (χ2v) is 7.09. The van der Waals surface area contributed by atoms with Crippen molar-refractivity contribution >= 4 is 5.91 Å². The van der Waals surface area contributed by atoms with Crippen LogP contribution >= 0.6 is 0 Å². The van der Waals surface area contributed by atoms with Gasteiger partial charge in [-0.05, 0) is 27.2 Å². The number of hydrogen-bond acceptors (Lipinski definition) is 3. The number of halogens is 6. The number of rotatable bonds is 1. The van der Waals surface area contributed by atoms with Crippen molar-refractivity contribution in [3.05, 3.63) is 0 Å². The standard InChI is InChI=1S/C14H19F6NO3/c1-10(2)23-7-11(3,8-24-10)9(22)21-5-4-12(6-21,13(15,16)17)14(18,19)20/h4-8H2,1-3H3. The molecule has 0 saturated carbocycles. The van der Waals surface area contributed by atoms with Gasteiger partial charge in [-0.15, -0.1) is 0 Å². The molecule has 0 aromatic heterocycles. The first-order chi connectivity index (χ1) is 10.6. The molecule has 2 saturated heterocycles. The molecule has 0 aliphatic carbocycles. The van der Waals surface area contributed by atoms with E-state index < -0.39 is 54.4 Å². The zero-order valence-corrected chi connectivity index (χ0v) is 13.5. The maximum atomic E-state index is 13.1. The van der Waals surface area contributed by atoms with Crippen molar-refractivity contribution in [1.82, 2.24) is 4.90 Å². The van der Waals surface area contributed by atoms with Gasteiger partial charge in [0.05, 0.1) is 18.6 Å². The Labute approximate surface area is 135 Å². The minimum Gasteiger partial charge on any atom is -0.349 e. The van der Waals surface area contributed by atoms with E-state index in [1.165, 1.54) is 6.92 Å². The molecule has 0 aromatic carbocycles. The summed E-state index contributed by atoms with van der Waals surface area (Å²) in [4.78, 5) is 13.1. The average molecular weight is 363 g/mol. The topological polar surface area (TPSA) is 38.8 Å². The summed E-state index contributed by atoms with van der Waals surface area (Å²) in [7, 11) is 0. The third-order valence-electron chi connectivity index (χ3n) is 4.63. The molecule has 1 amide bonds. The number of likely N-dealkylation sites (tertiary alicyclic amines) is 1. The Balaban J connectivity index is 2.19. The van der Waals surface area contributed by atoms with Crippen molar-refractivity contribution in [2.75, 3.05) is 26.3 Å². The number of carbonyl (C=O) groups is 1. The van der Waals surface area contributed by atoms with Crippen LogP contribution in [0.3, 0.4) is 0 Å². The molecule has 0 unspecified atom stereocenters. The highest BCUT2D eigenvalue weighted by Gasteiger charge is 2.73. The number of hydrogen-bond donors (Lipinski definition) is 0. The Bertz CT molecular complexity index is 490. The fourth-order valence-corrected chi connectivity index (χ4v) is 2.86. The molecule has 4 nitrogen and oxygen atoms in total. The lowest BCUT2D eigenvalue weighted by molar-refractivity contribution is -0.335. The molecule has 2 fully saturated rings. The molecule has 10 heteroatoms. The molecule has 2 rings (SSSR count). The highest BCUT2D eigenvalue weighted by atomic mass is 19.4. The van der Waals surface area contributed by atoms with Crippen LogP contribution in [-0.4, -0.2) is 55.3 Å². The molecule has 0 bridgehead atoms. The predicted molar refractivity (Wildman–Crippen MR) is 69.8 cm³/mol. The SMILES string of the molecule is CC1(C)OCC(C)(C(=O)N2CCC(C(F)(F)F)(C(F)(F)F)C2)CO1. The van der Waals surface area contributed by atoms with Crippen molar-refractivity contribution in [3.8, 4) is 0 Å². The molecule has 2 aliphatic rings. The molecular weight excluding hydrogens is 344 g/mol. The van der Waals surface area contributed by atoms with E-state index >= 15 is 0 Å². The second kappa shape index (κ2) is 5.48. The van der Waals surface area contributed by atoms with Crippen LogP contribution in [0, 0.1) is 10.8 Å². The van der Waals surface area contributed by atoms with Crippen LogP contribution in [0.5, 0.6) is 0 Å². The summed E-state index contributed by atoms with van der Waals surface area (Å²) < 4.78 is 89.2. The van der Waals surface area contributed by atoms with Gasteiger partial charge in [0, 0.05) is 13.1 Å². The summed E-state index contributed by atoms with van der Waals surface area (Å²) >= 11 is 0. The lowest BCUT2D eigenvalue weighted by Crippen LogP contribution is -2.56. The highest BCUT2D eigenvalue weighted by molar-refractivity contribution is 5.83. The molecule has 0 radical (unpaired) electrons. The molecule has 0 N–H and O–H groups in total. The van der Waals surface area contributed by atoms with Crippen molar-refractivity contribution in [2.45, 2.75) is 45.3 Å². The van der Waals surface area contributed by atoms with Gasteiger partial charge in [-0.25, -0.2) is 0 Å². The van der Waals surface area contributed by atoms with Gasteiger partial charge < -0.3 is 14.4 Å². The first-order valence-electron chi connectivity index (χ1n) is 7.34. The van der Waals surface area contributed by atoms with Gasteiger partial charge in [-0.3, -0.25) is 4.79 Å². The zero-order valence-electron chi connectivity index (χ0n) is 13.5. The number of carbonyl (C=O) groups excluding carboxylic acids is 1. The van der Waals surface area contributed by atoms with Crippen LogP contribution in [0.4, 0.5) is 26.3 Å². The molecule has 2 heterocycles. The summed E-state index contributed by atoms with van der Waals surface area (Å²) in [5.41, 5.74) is -5.20. The maximum Gasteiger partial charge on any atom is 0.404 e. The first kappa shape index (κ1) is 19.3. The average Bonchev–Trinajstić information content (AvgIpc) is 2.87. The fourth-order valence-electron chi connectivity index (χ4n) is 2.86. The van der Waals surface area contributed by atoms with Crippen molar-refractivity contribution in [2.24, 2.45) is 10.8 Å². The monoisotopic (exact) mass is 363 g/mol. The van der Waals surface area contributed by atoms with Gasteiger partial charge in [0.2, 0.25) is 5.91 Å². The molecule has 0 spiro atoms. The predicted octanol–water partition coefficient (Wildman–Crippen LogP) is 3.12. The van der Waals surface area contributed by atoms with Crippen LogP contribution in [0.2, 0.25) is 0 Å². The molecule has 24 heavy (non-hydrogen) atoms. The summed E-state index contributed by atoms with van der Waals surface area (Å²) in [6.07, 6.45) is -12.2. The zero-order chi connectivity index (χ0) is 18.6. The quantitative estimate of drug-likeness (QED) is 0.672. The van der Waals surface area contributed by atoms with Crippen molar-refractivity contribution in [1.29, 1.82) is 0 Å². The Morgan fingerprint density at radius 2 is 1.42 bits per heavy atom. The number of nitrogens with zero attached hydrogens (tertiary/aromatic N) is 1. The van der Waals surface area contributed by atoms with E-state index in [0.29, 0.717) is 4.90 Å². The van der Waals surface area contributed by atoms with Crippen LogP contribution in [-0.2, 0) is 14.3 Å². The molecule has 0 atom stereocenters. The Morgan fingerprint density at radius 3 is 1.79 bits per heavy atom. The van der Waals surface area contributed by atoms with E-state index in [0.717, 1.165) is 0 Å². The largest absolute Gasteiger partial charge is 0.404 e. The van der Waals surface area contributed by atoms with E-state index in [-0.39, 0.29) is 13.2 Å². The first-order valence-corrected chi connectivity index (χ1v) is 7.34. The van der Waals surface area contributed by atoms with Gasteiger partial charge in [0.15, 0.2) is 11.2 Å². The molecule has 0 aromatic rings. The Hall–Kier alpha value is -1.03. The lowest BCUT2D eigenvalue weighted by Gasteiger charge is -2.42. The summed E-state index contributed by atoms with van der Waals surface area (Å²) in [5.74, 6) is -1.78. The van der Waals surface area contributed by atoms with Gasteiger partial charge >= 0.3 is 12.4 Å². The van der Waals surface area contributed by atoms with Crippen LogP contribution in [0.25, 0.3) is 0 Å². The third-order valence-corrected chi connectivity index (χ3v) is 4.63. The number of ether oxygens (including phenoxy) is 2. The van der Waals surface area contributed by atoms with Crippen LogP contribution < -0.4 is 0 Å². The fraction of sp³-hybridized carbons (Fsp3) is 0.929. The van der Waals surface area contributed by atoms with E-state index in [1.807, 2.05) is 0 Å². The van der Waals surface area contributed by atoms with Crippen LogP contribution in [0.15, 0.2) is 0 Å². The van der Waals surface area contributed by atoms with Gasteiger partial charge in [0.1, 0.15) is 0 Å². The normalized spacial score (nSPS) is 26.5. The molecule has 2 aliphatic heterocycles. The lowest BCUT2D eigenvalue weighted by atomic mass is 9.85. The van der Waals surface area contributed by atoms with E-state index in [9.17, 15) is 31.1 Å². The Kier molecular flexibility index (Phi) is 4.41. The summed E-state index contributed by atoms with van der Waals surface area (Å²) in [5, 5.41) is 0. The number of alkyl halides is 6. The molecular formula is C14H19F6NO3. The van der Waals surface area contributed by atoms with Gasteiger partial charge in [-0.1, -0.05) is 0 Å². The van der Waals surface area contributed by atoms with Crippen molar-refractivity contribution in [3.63, 3.8) is 0 Å². The smallest absolute Gasteiger partial charge is 0.349 e. The van der Waals surface area contributed by atoms with Crippen LogP contribution in [0.1, 0.15) is 27.2 Å². The second-order valence-electron chi connectivity index (χ2n) is 7.09. The van der Waals surface area contributed by atoms with E-state index in [1.54, 1.807) is 13.8 Å². The third kappa shape index (κ3) is 3.10. The summed E-state index contributed by atoms with van der Waals surface area (Å²) in [6.45, 7) is 2.29. The van der Waals surface area contributed by atoms with E-state index in [2.05, 4.69) is 0 Å². The molecule has 140 valence electrons. The minimum atomic E-state index is -5.48. The summed E-state index contributed by atoms with van der Waals surface area (Å²) in [6, 6.07) is 0. The van der Waals surface area contributed by atoms with Crippen molar-refractivity contribution < 1.29 is 40.6 Å².